The molecule has 0 saturated carbocycles. The van der Waals surface area contributed by atoms with Crippen molar-refractivity contribution in [3.05, 3.63) is 64.2 Å². The van der Waals surface area contributed by atoms with Crippen LogP contribution in [-0.2, 0) is 15.8 Å². The van der Waals surface area contributed by atoms with E-state index in [0.717, 1.165) is 33.6 Å². The van der Waals surface area contributed by atoms with Gasteiger partial charge < -0.3 is 4.74 Å². The van der Waals surface area contributed by atoms with Crippen LogP contribution in [0.15, 0.2) is 36.4 Å². The predicted octanol–water partition coefficient (Wildman–Crippen LogP) is 4.62. The van der Waals surface area contributed by atoms with Crippen LogP contribution in [0.4, 0.5) is 0 Å². The summed E-state index contributed by atoms with van der Waals surface area (Å²) in [5, 5.41) is 0. The first-order valence-electron chi connectivity index (χ1n) is 8.87. The quantitative estimate of drug-likeness (QED) is 0.768. The second-order valence-corrected chi connectivity index (χ2v) is 8.95. The molecule has 0 heterocycles. The maximum absolute atomic E-state index is 12.6. The molecule has 142 valence electrons. The lowest BCUT2D eigenvalue weighted by molar-refractivity contribution is 0.406. The summed E-state index contributed by atoms with van der Waals surface area (Å²) in [6.07, 6.45) is 0. The molecule has 0 fully saturated rings. The van der Waals surface area contributed by atoms with Gasteiger partial charge in [0, 0.05) is 6.04 Å². The predicted molar refractivity (Wildman–Crippen MR) is 107 cm³/mol. The first kappa shape index (κ1) is 20.5. The maximum Gasteiger partial charge on any atom is 0.216 e. The summed E-state index contributed by atoms with van der Waals surface area (Å²) in [5.74, 6) is 1.11. The third-order valence-corrected chi connectivity index (χ3v) is 5.93. The fraction of sp³-hybridized carbons (Fsp3) is 0.429. The number of ether oxygens (including phenoxy) is 1. The normalized spacial score (nSPS) is 13.0. The van der Waals surface area contributed by atoms with Crippen molar-refractivity contribution in [1.29, 1.82) is 0 Å². The van der Waals surface area contributed by atoms with Crippen molar-refractivity contribution in [2.45, 2.75) is 52.3 Å². The summed E-state index contributed by atoms with van der Waals surface area (Å²) >= 11 is 0. The van der Waals surface area contributed by atoms with Crippen molar-refractivity contribution >= 4 is 10.0 Å². The van der Waals surface area contributed by atoms with E-state index in [1.165, 1.54) is 0 Å². The van der Waals surface area contributed by atoms with Crippen LogP contribution in [0.1, 0.15) is 60.5 Å². The molecule has 1 N–H and O–H groups in total. The number of hydrogen-bond donors (Lipinski definition) is 1. The van der Waals surface area contributed by atoms with Gasteiger partial charge in [-0.2, -0.15) is 0 Å². The minimum absolute atomic E-state index is 0.0226. The van der Waals surface area contributed by atoms with Crippen LogP contribution in [0.3, 0.4) is 0 Å². The summed E-state index contributed by atoms with van der Waals surface area (Å²) in [4.78, 5) is 0. The third kappa shape index (κ3) is 5.08. The topological polar surface area (TPSA) is 55.4 Å². The summed E-state index contributed by atoms with van der Waals surface area (Å²) < 4.78 is 33.5. The maximum atomic E-state index is 12.6. The number of rotatable bonds is 7. The van der Waals surface area contributed by atoms with E-state index in [1.807, 2.05) is 51.1 Å². The molecule has 4 nitrogen and oxygen atoms in total. The molecule has 2 aromatic carbocycles. The molecule has 2 rings (SSSR count). The lowest BCUT2D eigenvalue weighted by Crippen LogP contribution is -2.28. The fourth-order valence-corrected chi connectivity index (χ4v) is 4.57. The molecule has 0 aliphatic rings. The van der Waals surface area contributed by atoms with E-state index in [2.05, 4.69) is 24.6 Å². The molecule has 0 aliphatic heterocycles. The Morgan fingerprint density at radius 1 is 1.04 bits per heavy atom. The fourth-order valence-electron chi connectivity index (χ4n) is 3.21. The lowest BCUT2D eigenvalue weighted by atomic mass is 9.94. The molecule has 26 heavy (non-hydrogen) atoms. The Kier molecular flexibility index (Phi) is 6.48. The number of benzene rings is 2. The highest BCUT2D eigenvalue weighted by Crippen LogP contribution is 2.32. The SMILES string of the molecule is COc1cc(C)c(C(C)NS(=O)(=O)Cc2cccc(C)c2)cc1C(C)C. The molecular formula is C21H29NO3S. The van der Waals surface area contributed by atoms with Crippen LogP contribution in [0.2, 0.25) is 0 Å². The zero-order chi connectivity index (χ0) is 19.5. The minimum Gasteiger partial charge on any atom is -0.496 e. The van der Waals surface area contributed by atoms with Crippen LogP contribution in [-0.4, -0.2) is 15.5 Å². The molecular weight excluding hydrogens is 346 g/mol. The third-order valence-electron chi connectivity index (χ3n) is 4.50. The van der Waals surface area contributed by atoms with Crippen molar-refractivity contribution in [1.82, 2.24) is 4.72 Å². The average Bonchev–Trinajstić information content (AvgIpc) is 2.52. The summed E-state index contributed by atoms with van der Waals surface area (Å²) in [6, 6.07) is 11.3. The smallest absolute Gasteiger partial charge is 0.216 e. The Morgan fingerprint density at radius 3 is 2.31 bits per heavy atom. The zero-order valence-corrected chi connectivity index (χ0v) is 17.3. The van der Waals surface area contributed by atoms with Crippen LogP contribution in [0, 0.1) is 13.8 Å². The van der Waals surface area contributed by atoms with Crippen molar-refractivity contribution < 1.29 is 13.2 Å². The second-order valence-electron chi connectivity index (χ2n) is 7.19. The summed E-state index contributed by atoms with van der Waals surface area (Å²) in [5.41, 5.74) is 4.91. The van der Waals surface area contributed by atoms with Gasteiger partial charge in [0.05, 0.1) is 12.9 Å². The first-order valence-corrected chi connectivity index (χ1v) is 10.5. The Hall–Kier alpha value is -1.85. The van der Waals surface area contributed by atoms with E-state index in [1.54, 1.807) is 7.11 Å². The van der Waals surface area contributed by atoms with Gasteiger partial charge in [-0.05, 0) is 61.1 Å². The molecule has 1 unspecified atom stereocenters. The monoisotopic (exact) mass is 375 g/mol. The molecule has 1 atom stereocenters. The van der Waals surface area contributed by atoms with E-state index in [4.69, 9.17) is 4.74 Å². The highest BCUT2D eigenvalue weighted by Gasteiger charge is 2.20. The van der Waals surface area contributed by atoms with Crippen molar-refractivity contribution in [2.75, 3.05) is 7.11 Å². The lowest BCUT2D eigenvalue weighted by Gasteiger charge is -2.21. The molecule has 0 aliphatic carbocycles. The van der Waals surface area contributed by atoms with Gasteiger partial charge in [0.2, 0.25) is 10.0 Å². The number of nitrogens with one attached hydrogen (secondary N) is 1. The summed E-state index contributed by atoms with van der Waals surface area (Å²) in [7, 11) is -1.78. The molecule has 0 bridgehead atoms. The minimum atomic E-state index is -3.45. The van der Waals surface area contributed by atoms with Crippen LogP contribution in [0.25, 0.3) is 0 Å². The van der Waals surface area contributed by atoms with Gasteiger partial charge in [0.15, 0.2) is 0 Å². The number of methoxy groups -OCH3 is 1. The Balaban J connectivity index is 2.25. The van der Waals surface area contributed by atoms with Gasteiger partial charge >= 0.3 is 0 Å². The standard InChI is InChI=1S/C21H29NO3S/c1-14(2)19-12-20(16(4)11-21(19)25-6)17(5)22-26(23,24)13-18-9-7-8-15(3)10-18/h7-12,14,17,22H,13H2,1-6H3. The Morgan fingerprint density at radius 2 is 1.73 bits per heavy atom. The highest BCUT2D eigenvalue weighted by atomic mass is 32.2. The zero-order valence-electron chi connectivity index (χ0n) is 16.5. The van der Waals surface area contributed by atoms with Gasteiger partial charge in [-0.1, -0.05) is 43.7 Å². The van der Waals surface area contributed by atoms with Crippen molar-refractivity contribution in [2.24, 2.45) is 0 Å². The molecule has 0 aromatic heterocycles. The molecule has 0 radical (unpaired) electrons. The summed E-state index contributed by atoms with van der Waals surface area (Å²) in [6.45, 7) is 10.0. The van der Waals surface area contributed by atoms with Gasteiger partial charge in [0.1, 0.15) is 5.75 Å². The Labute approximate surface area is 157 Å². The van der Waals surface area contributed by atoms with Crippen molar-refractivity contribution in [3.8, 4) is 5.75 Å². The van der Waals surface area contributed by atoms with E-state index < -0.39 is 10.0 Å². The van der Waals surface area contributed by atoms with E-state index in [9.17, 15) is 8.42 Å². The van der Waals surface area contributed by atoms with Gasteiger partial charge in [-0.25, -0.2) is 13.1 Å². The molecule has 0 spiro atoms. The van der Waals surface area contributed by atoms with E-state index >= 15 is 0 Å². The van der Waals surface area contributed by atoms with E-state index in [-0.39, 0.29) is 11.8 Å². The van der Waals surface area contributed by atoms with Gasteiger partial charge in [-0.15, -0.1) is 0 Å². The van der Waals surface area contributed by atoms with Crippen molar-refractivity contribution in [3.63, 3.8) is 0 Å². The first-order chi connectivity index (χ1) is 12.1. The van der Waals surface area contributed by atoms with Gasteiger partial charge in [-0.3, -0.25) is 0 Å². The van der Waals surface area contributed by atoms with Crippen LogP contribution < -0.4 is 9.46 Å². The Bertz CT molecular complexity index is 873. The molecule has 2 aromatic rings. The largest absolute Gasteiger partial charge is 0.496 e. The highest BCUT2D eigenvalue weighted by molar-refractivity contribution is 7.88. The van der Waals surface area contributed by atoms with E-state index in [0.29, 0.717) is 5.92 Å². The number of aryl methyl sites for hydroxylation is 2. The second kappa shape index (κ2) is 8.23. The van der Waals surface area contributed by atoms with Gasteiger partial charge in [0.25, 0.3) is 0 Å². The molecule has 5 heteroatoms. The number of sulfonamides is 1. The van der Waals surface area contributed by atoms with Crippen LogP contribution >= 0.6 is 0 Å². The molecule has 0 saturated heterocycles. The average molecular weight is 376 g/mol. The number of hydrogen-bond acceptors (Lipinski definition) is 3. The van der Waals surface area contributed by atoms with Crippen LogP contribution in [0.5, 0.6) is 5.75 Å². The molecule has 0 amide bonds.